The molecule has 0 saturated heterocycles. The average Bonchev–Trinajstić information content (AvgIpc) is 2.83. The minimum absolute atomic E-state index is 0.0815. The van der Waals surface area contributed by atoms with Crippen molar-refractivity contribution in [3.63, 3.8) is 0 Å². The molecule has 5 nitrogen and oxygen atoms in total. The van der Waals surface area contributed by atoms with Gasteiger partial charge < -0.3 is 15.2 Å². The number of benzene rings is 1. The number of anilines is 2. The van der Waals surface area contributed by atoms with Crippen LogP contribution in [0.4, 0.5) is 11.4 Å². The van der Waals surface area contributed by atoms with Gasteiger partial charge in [-0.05, 0) is 43.5 Å². The van der Waals surface area contributed by atoms with Crippen molar-refractivity contribution >= 4 is 17.3 Å². The SMILES string of the molecule is Cc1cc(CC(=O)Nc2ccc3c(c2)CCCN3)no1. The summed E-state index contributed by atoms with van der Waals surface area (Å²) >= 11 is 0. The molecule has 1 aromatic carbocycles. The fourth-order valence-corrected chi connectivity index (χ4v) is 2.42. The van der Waals surface area contributed by atoms with Crippen LogP contribution in [-0.4, -0.2) is 17.6 Å². The van der Waals surface area contributed by atoms with Gasteiger partial charge in [0, 0.05) is 24.0 Å². The van der Waals surface area contributed by atoms with Gasteiger partial charge in [-0.15, -0.1) is 0 Å². The molecule has 3 rings (SSSR count). The summed E-state index contributed by atoms with van der Waals surface area (Å²) < 4.78 is 4.95. The summed E-state index contributed by atoms with van der Waals surface area (Å²) in [5, 5.41) is 10.1. The Hall–Kier alpha value is -2.30. The van der Waals surface area contributed by atoms with Crippen molar-refractivity contribution in [1.29, 1.82) is 0 Å². The zero-order valence-corrected chi connectivity index (χ0v) is 11.4. The normalized spacial score (nSPS) is 13.4. The van der Waals surface area contributed by atoms with Gasteiger partial charge in [-0.3, -0.25) is 4.79 Å². The number of nitrogens with one attached hydrogen (secondary N) is 2. The van der Waals surface area contributed by atoms with E-state index in [0.717, 1.165) is 25.1 Å². The van der Waals surface area contributed by atoms with E-state index < -0.39 is 0 Å². The Bertz CT molecular complexity index is 634. The third kappa shape index (κ3) is 2.82. The molecule has 0 spiro atoms. The number of rotatable bonds is 3. The van der Waals surface area contributed by atoms with Crippen LogP contribution in [0.5, 0.6) is 0 Å². The first-order valence-electron chi connectivity index (χ1n) is 6.79. The summed E-state index contributed by atoms with van der Waals surface area (Å²) in [6.45, 7) is 2.83. The summed E-state index contributed by atoms with van der Waals surface area (Å²) in [4.78, 5) is 12.0. The van der Waals surface area contributed by atoms with Crippen molar-refractivity contribution in [3.05, 3.63) is 41.3 Å². The summed E-state index contributed by atoms with van der Waals surface area (Å²) in [5.41, 5.74) is 3.91. The molecule has 0 fully saturated rings. The van der Waals surface area contributed by atoms with Crippen LogP contribution < -0.4 is 10.6 Å². The highest BCUT2D eigenvalue weighted by molar-refractivity contribution is 5.92. The van der Waals surface area contributed by atoms with Gasteiger partial charge in [0.05, 0.1) is 12.1 Å². The lowest BCUT2D eigenvalue weighted by molar-refractivity contribution is -0.115. The Morgan fingerprint density at radius 3 is 3.15 bits per heavy atom. The number of amides is 1. The smallest absolute Gasteiger partial charge is 0.230 e. The summed E-state index contributed by atoms with van der Waals surface area (Å²) in [7, 11) is 0. The molecule has 2 N–H and O–H groups in total. The minimum atomic E-state index is -0.0815. The lowest BCUT2D eigenvalue weighted by Gasteiger charge is -2.18. The molecular weight excluding hydrogens is 254 g/mol. The van der Waals surface area contributed by atoms with Crippen LogP contribution in [-0.2, 0) is 17.6 Å². The summed E-state index contributed by atoms with van der Waals surface area (Å²) in [6, 6.07) is 7.75. The van der Waals surface area contributed by atoms with E-state index in [9.17, 15) is 4.79 Å². The molecule has 1 amide bonds. The molecule has 0 saturated carbocycles. The van der Waals surface area contributed by atoms with Crippen molar-refractivity contribution < 1.29 is 9.32 Å². The highest BCUT2D eigenvalue weighted by atomic mass is 16.5. The summed E-state index contributed by atoms with van der Waals surface area (Å²) in [6.07, 6.45) is 2.41. The van der Waals surface area contributed by atoms with Gasteiger partial charge in [-0.25, -0.2) is 0 Å². The first-order chi connectivity index (χ1) is 9.70. The molecule has 104 valence electrons. The standard InChI is InChI=1S/C15H17N3O2/c1-10-7-13(18-20-10)9-15(19)17-12-4-5-14-11(8-12)3-2-6-16-14/h4-5,7-8,16H,2-3,6,9H2,1H3,(H,17,19). The second-order valence-electron chi connectivity index (χ2n) is 5.06. The topological polar surface area (TPSA) is 67.2 Å². The van der Waals surface area contributed by atoms with E-state index in [4.69, 9.17) is 4.52 Å². The fraction of sp³-hybridized carbons (Fsp3) is 0.333. The van der Waals surface area contributed by atoms with E-state index >= 15 is 0 Å². The molecule has 2 aromatic rings. The van der Waals surface area contributed by atoms with E-state index in [-0.39, 0.29) is 12.3 Å². The first-order valence-corrected chi connectivity index (χ1v) is 6.79. The van der Waals surface area contributed by atoms with Crippen molar-refractivity contribution in [3.8, 4) is 0 Å². The molecule has 1 aromatic heterocycles. The molecule has 0 bridgehead atoms. The molecule has 1 aliphatic heterocycles. The second kappa shape index (κ2) is 5.36. The molecule has 0 radical (unpaired) electrons. The molecular formula is C15H17N3O2. The Morgan fingerprint density at radius 1 is 1.45 bits per heavy atom. The van der Waals surface area contributed by atoms with Crippen LogP contribution in [0.2, 0.25) is 0 Å². The van der Waals surface area contributed by atoms with Crippen molar-refractivity contribution in [2.24, 2.45) is 0 Å². The minimum Gasteiger partial charge on any atom is -0.385 e. The molecule has 0 aliphatic carbocycles. The Morgan fingerprint density at radius 2 is 2.35 bits per heavy atom. The van der Waals surface area contributed by atoms with E-state index in [1.54, 1.807) is 6.07 Å². The Balaban J connectivity index is 1.66. The van der Waals surface area contributed by atoms with Crippen LogP contribution in [0.3, 0.4) is 0 Å². The van der Waals surface area contributed by atoms with Crippen LogP contribution >= 0.6 is 0 Å². The predicted octanol–water partition coefficient (Wildman–Crippen LogP) is 2.52. The van der Waals surface area contributed by atoms with Crippen molar-refractivity contribution in [2.75, 3.05) is 17.2 Å². The van der Waals surface area contributed by atoms with Gasteiger partial charge in [0.1, 0.15) is 5.76 Å². The van der Waals surface area contributed by atoms with Crippen LogP contribution in [0.1, 0.15) is 23.4 Å². The number of fused-ring (bicyclic) bond motifs is 1. The maximum absolute atomic E-state index is 12.0. The molecule has 0 atom stereocenters. The fourth-order valence-electron chi connectivity index (χ4n) is 2.42. The number of carbonyl (C=O) groups excluding carboxylic acids is 1. The quantitative estimate of drug-likeness (QED) is 0.900. The summed E-state index contributed by atoms with van der Waals surface area (Å²) in [5.74, 6) is 0.634. The first kappa shape index (κ1) is 12.7. The number of aromatic nitrogens is 1. The number of aryl methyl sites for hydroxylation is 2. The molecule has 1 aliphatic rings. The number of carbonyl (C=O) groups is 1. The largest absolute Gasteiger partial charge is 0.385 e. The molecule has 2 heterocycles. The van der Waals surface area contributed by atoms with Crippen molar-refractivity contribution in [1.82, 2.24) is 5.16 Å². The lowest BCUT2D eigenvalue weighted by Crippen LogP contribution is -2.16. The monoisotopic (exact) mass is 271 g/mol. The Kier molecular flexibility index (Phi) is 3.41. The predicted molar refractivity (Wildman–Crippen MR) is 76.8 cm³/mol. The van der Waals surface area contributed by atoms with Gasteiger partial charge >= 0.3 is 0 Å². The zero-order chi connectivity index (χ0) is 13.9. The molecule has 5 heteroatoms. The molecule has 0 unspecified atom stereocenters. The van der Waals surface area contributed by atoms with Crippen LogP contribution in [0.25, 0.3) is 0 Å². The van der Waals surface area contributed by atoms with E-state index in [1.807, 2.05) is 25.1 Å². The number of hydrogen-bond donors (Lipinski definition) is 2. The zero-order valence-electron chi connectivity index (χ0n) is 11.4. The second-order valence-corrected chi connectivity index (χ2v) is 5.06. The van der Waals surface area contributed by atoms with Gasteiger partial charge in [0.15, 0.2) is 0 Å². The lowest BCUT2D eigenvalue weighted by atomic mass is 10.0. The number of nitrogens with zero attached hydrogens (tertiary/aromatic N) is 1. The highest BCUT2D eigenvalue weighted by Gasteiger charge is 2.11. The van der Waals surface area contributed by atoms with Crippen LogP contribution in [0.15, 0.2) is 28.8 Å². The van der Waals surface area contributed by atoms with Crippen molar-refractivity contribution in [2.45, 2.75) is 26.2 Å². The van der Waals surface area contributed by atoms with E-state index in [2.05, 4.69) is 15.8 Å². The van der Waals surface area contributed by atoms with Gasteiger partial charge in [0.2, 0.25) is 5.91 Å². The third-order valence-electron chi connectivity index (χ3n) is 3.35. The third-order valence-corrected chi connectivity index (χ3v) is 3.35. The van der Waals surface area contributed by atoms with E-state index in [1.165, 1.54) is 11.3 Å². The number of hydrogen-bond acceptors (Lipinski definition) is 4. The Labute approximate surface area is 117 Å². The van der Waals surface area contributed by atoms with Crippen LogP contribution in [0, 0.1) is 6.92 Å². The average molecular weight is 271 g/mol. The van der Waals surface area contributed by atoms with Gasteiger partial charge in [-0.1, -0.05) is 5.16 Å². The maximum atomic E-state index is 12.0. The molecule has 20 heavy (non-hydrogen) atoms. The maximum Gasteiger partial charge on any atom is 0.230 e. The van der Waals surface area contributed by atoms with Gasteiger partial charge in [0.25, 0.3) is 0 Å². The highest BCUT2D eigenvalue weighted by Crippen LogP contribution is 2.25. The van der Waals surface area contributed by atoms with Gasteiger partial charge in [-0.2, -0.15) is 0 Å². The van der Waals surface area contributed by atoms with E-state index in [0.29, 0.717) is 11.5 Å².